The van der Waals surface area contributed by atoms with E-state index in [4.69, 9.17) is 9.84 Å². The van der Waals surface area contributed by atoms with Gasteiger partial charge in [-0.05, 0) is 29.3 Å². The number of ether oxygens (including phenoxy) is 1. The van der Waals surface area contributed by atoms with E-state index in [1.165, 1.54) is 5.56 Å². The van der Waals surface area contributed by atoms with Crippen LogP contribution in [0.1, 0.15) is 22.7 Å². The van der Waals surface area contributed by atoms with Crippen molar-refractivity contribution in [1.82, 2.24) is 19.8 Å². The van der Waals surface area contributed by atoms with Crippen molar-refractivity contribution in [3.8, 4) is 12.1 Å². The van der Waals surface area contributed by atoms with Crippen LogP contribution in [0.5, 0.6) is 6.01 Å². The van der Waals surface area contributed by atoms with Gasteiger partial charge in [0.15, 0.2) is 0 Å². The maximum absolute atomic E-state index is 9.88. The zero-order valence-corrected chi connectivity index (χ0v) is 20.9. The van der Waals surface area contributed by atoms with E-state index >= 15 is 0 Å². The summed E-state index contributed by atoms with van der Waals surface area (Å²) in [4.78, 5) is 14.7. The second kappa shape index (κ2) is 11.7. The Morgan fingerprint density at radius 2 is 1.81 bits per heavy atom. The first kappa shape index (κ1) is 24.5. The van der Waals surface area contributed by atoms with Gasteiger partial charge in [-0.1, -0.05) is 48.2 Å². The summed E-state index contributed by atoms with van der Waals surface area (Å²) >= 11 is 1.64. The molecule has 0 radical (unpaired) electrons. The van der Waals surface area contributed by atoms with Crippen molar-refractivity contribution in [1.29, 1.82) is 5.26 Å². The molecule has 1 saturated heterocycles. The van der Waals surface area contributed by atoms with Crippen LogP contribution in [-0.2, 0) is 13.2 Å². The van der Waals surface area contributed by atoms with Gasteiger partial charge in [-0.15, -0.1) is 0 Å². The molecule has 2 N–H and O–H groups in total. The average molecular weight is 503 g/mol. The third-order valence-corrected chi connectivity index (χ3v) is 7.79. The third kappa shape index (κ3) is 5.97. The summed E-state index contributed by atoms with van der Waals surface area (Å²) in [6, 6.07) is 21.0. The Balaban J connectivity index is 1.14. The van der Waals surface area contributed by atoms with Gasteiger partial charge in [0.25, 0.3) is 0 Å². The first-order valence-corrected chi connectivity index (χ1v) is 13.1. The number of nitrogens with zero attached hydrogens (tertiary/aromatic N) is 5. The number of benzene rings is 2. The van der Waals surface area contributed by atoms with Crippen LogP contribution in [-0.4, -0.2) is 69.6 Å². The lowest BCUT2D eigenvalue weighted by atomic mass is 10.1. The Bertz CT molecular complexity index is 1170. The van der Waals surface area contributed by atoms with Crippen molar-refractivity contribution in [2.24, 2.45) is 0 Å². The van der Waals surface area contributed by atoms with E-state index < -0.39 is 5.92 Å². The number of nitriles is 1. The number of thioether (sulfide) groups is 1. The number of aromatic nitrogens is 2. The molecule has 0 saturated carbocycles. The molecule has 2 unspecified atom stereocenters. The second-order valence-electron chi connectivity index (χ2n) is 9.00. The highest BCUT2D eigenvalue weighted by molar-refractivity contribution is 8.00. The van der Waals surface area contributed by atoms with Gasteiger partial charge in [0, 0.05) is 56.0 Å². The summed E-state index contributed by atoms with van der Waals surface area (Å²) < 4.78 is 5.88. The fourth-order valence-corrected chi connectivity index (χ4v) is 5.71. The molecule has 2 atom stereocenters. The second-order valence-corrected chi connectivity index (χ2v) is 10.2. The van der Waals surface area contributed by atoms with Crippen molar-refractivity contribution in [3.05, 3.63) is 77.6 Å². The number of hydrogen-bond donors (Lipinski definition) is 2. The summed E-state index contributed by atoms with van der Waals surface area (Å²) in [6.07, 6.45) is 1.65. The average Bonchev–Trinajstić information content (AvgIpc) is 3.34. The number of anilines is 1. The van der Waals surface area contributed by atoms with Gasteiger partial charge < -0.3 is 15.2 Å². The first-order valence-electron chi connectivity index (χ1n) is 12.2. The summed E-state index contributed by atoms with van der Waals surface area (Å²) in [5.74, 6) is -0.433. The molecule has 0 aliphatic carbocycles. The maximum Gasteiger partial charge on any atom is 0.316 e. The molecule has 5 rings (SSSR count). The van der Waals surface area contributed by atoms with E-state index in [0.29, 0.717) is 12.3 Å². The summed E-state index contributed by atoms with van der Waals surface area (Å²) in [5, 5.41) is 22.3. The number of nitrogens with one attached hydrogen (secondary N) is 1. The zero-order chi connectivity index (χ0) is 24.7. The molecule has 0 bridgehead atoms. The van der Waals surface area contributed by atoms with Crippen LogP contribution in [0.15, 0.2) is 65.7 Å². The lowest BCUT2D eigenvalue weighted by molar-refractivity contribution is 0.108. The van der Waals surface area contributed by atoms with Crippen LogP contribution in [0.4, 0.5) is 5.69 Å². The smallest absolute Gasteiger partial charge is 0.316 e. The predicted molar refractivity (Wildman–Crippen MR) is 140 cm³/mol. The molecule has 8 nitrogen and oxygen atoms in total. The Hall–Kier alpha value is -3.16. The Morgan fingerprint density at radius 1 is 1.06 bits per heavy atom. The first-order chi connectivity index (χ1) is 17.7. The summed E-state index contributed by atoms with van der Waals surface area (Å²) in [6.45, 7) is 6.31. The fourth-order valence-electron chi connectivity index (χ4n) is 4.50. The molecule has 36 heavy (non-hydrogen) atoms. The number of fused-ring (bicyclic) bond motifs is 1. The molecule has 9 heteroatoms. The topological polar surface area (TPSA) is 97.5 Å². The normalized spacial score (nSPS) is 18.7. The number of aliphatic hydroxyl groups is 1. The molecule has 186 valence electrons. The number of rotatable bonds is 9. The van der Waals surface area contributed by atoms with Gasteiger partial charge in [0.05, 0.1) is 23.7 Å². The Kier molecular flexibility index (Phi) is 7.98. The third-order valence-electron chi connectivity index (χ3n) is 6.53. The van der Waals surface area contributed by atoms with Crippen LogP contribution in [0.2, 0.25) is 0 Å². The molecule has 1 aromatic heterocycles. The zero-order valence-electron chi connectivity index (χ0n) is 20.1. The summed E-state index contributed by atoms with van der Waals surface area (Å²) in [5.41, 5.74) is 4.01. The van der Waals surface area contributed by atoms with Gasteiger partial charge in [-0.2, -0.15) is 10.2 Å². The Morgan fingerprint density at radius 3 is 2.56 bits per heavy atom. The van der Waals surface area contributed by atoms with Crippen LogP contribution >= 0.6 is 11.8 Å². The molecule has 2 aliphatic rings. The molecule has 2 aliphatic heterocycles. The molecular weight excluding hydrogens is 472 g/mol. The van der Waals surface area contributed by atoms with E-state index in [0.717, 1.165) is 55.4 Å². The molecule has 3 heterocycles. The van der Waals surface area contributed by atoms with E-state index in [1.807, 2.05) is 18.2 Å². The molecular formula is C27H30N6O2S. The van der Waals surface area contributed by atoms with Crippen molar-refractivity contribution >= 4 is 17.4 Å². The minimum absolute atomic E-state index is 0.111. The van der Waals surface area contributed by atoms with Crippen LogP contribution < -0.4 is 10.1 Å². The van der Waals surface area contributed by atoms with Crippen LogP contribution in [0, 0.1) is 11.3 Å². The maximum atomic E-state index is 9.88. The van der Waals surface area contributed by atoms with E-state index in [1.54, 1.807) is 24.0 Å². The number of piperazine rings is 1. The molecule has 3 aromatic rings. The van der Waals surface area contributed by atoms with Crippen molar-refractivity contribution < 1.29 is 9.84 Å². The molecule has 0 spiro atoms. The monoisotopic (exact) mass is 502 g/mol. The van der Waals surface area contributed by atoms with Crippen LogP contribution in [0.25, 0.3) is 0 Å². The van der Waals surface area contributed by atoms with E-state index in [-0.39, 0.29) is 18.0 Å². The predicted octanol–water partition coefficient (Wildman–Crippen LogP) is 3.32. The minimum Gasteiger partial charge on any atom is -0.459 e. The van der Waals surface area contributed by atoms with Crippen molar-refractivity contribution in [2.75, 3.05) is 44.6 Å². The number of aliphatic hydroxyl groups excluding tert-OH is 1. The van der Waals surface area contributed by atoms with Crippen LogP contribution in [0.3, 0.4) is 0 Å². The molecule has 0 amide bonds. The van der Waals surface area contributed by atoms with E-state index in [9.17, 15) is 5.26 Å². The lowest BCUT2D eigenvalue weighted by Crippen LogP contribution is -2.46. The minimum atomic E-state index is -0.433. The highest BCUT2D eigenvalue weighted by Gasteiger charge is 2.31. The van der Waals surface area contributed by atoms with E-state index in [2.05, 4.69) is 61.5 Å². The van der Waals surface area contributed by atoms with Gasteiger partial charge in [-0.3, -0.25) is 9.80 Å². The van der Waals surface area contributed by atoms with Gasteiger partial charge >= 0.3 is 6.01 Å². The quantitative estimate of drug-likeness (QED) is 0.457. The highest BCUT2D eigenvalue weighted by atomic mass is 32.2. The SMILES string of the molecule is N#CC(c1ccnc(OCc2ccc(CN3CCN(CCO)CC3)cc2)n1)C1Nc2ccccc2S1. The largest absolute Gasteiger partial charge is 0.459 e. The number of β-amino-alcohol motifs (C(OH)–C–C–N with tert-alkyl or cyclic N) is 1. The van der Waals surface area contributed by atoms with Gasteiger partial charge in [0.1, 0.15) is 12.5 Å². The standard InChI is InChI=1S/C27H30N6O2S/c28-17-22(26-30-24-3-1-2-4-25(24)36-26)23-9-10-29-27(31-23)35-19-21-7-5-20(6-8-21)18-33-13-11-32(12-14-33)15-16-34/h1-10,22,26,30,34H,11-16,18-19H2. The van der Waals surface area contributed by atoms with Crippen molar-refractivity contribution in [3.63, 3.8) is 0 Å². The summed E-state index contributed by atoms with van der Waals surface area (Å²) in [7, 11) is 0. The Labute approximate surface area is 215 Å². The van der Waals surface area contributed by atoms with Crippen molar-refractivity contribution in [2.45, 2.75) is 29.3 Å². The van der Waals surface area contributed by atoms with Gasteiger partial charge in [-0.25, -0.2) is 4.98 Å². The number of hydrogen-bond acceptors (Lipinski definition) is 9. The number of para-hydroxylation sites is 1. The highest BCUT2D eigenvalue weighted by Crippen LogP contribution is 2.43. The lowest BCUT2D eigenvalue weighted by Gasteiger charge is -2.34. The van der Waals surface area contributed by atoms with Gasteiger partial charge in [0.2, 0.25) is 0 Å². The fraction of sp³-hybridized carbons (Fsp3) is 0.370. The molecule has 2 aromatic carbocycles. The molecule has 1 fully saturated rings.